The molecular formula is C21H26N4O3. The maximum Gasteiger partial charge on any atom is 0.275 e. The van der Waals surface area contributed by atoms with E-state index < -0.39 is 0 Å². The van der Waals surface area contributed by atoms with Crippen molar-refractivity contribution in [2.45, 2.75) is 39.0 Å². The van der Waals surface area contributed by atoms with E-state index in [0.29, 0.717) is 37.4 Å². The van der Waals surface area contributed by atoms with Gasteiger partial charge in [0.05, 0.1) is 36.1 Å². The normalized spacial score (nSPS) is 18.4. The van der Waals surface area contributed by atoms with Gasteiger partial charge in [-0.2, -0.15) is 10.4 Å². The molecule has 0 spiro atoms. The van der Waals surface area contributed by atoms with Gasteiger partial charge in [0.2, 0.25) is 0 Å². The van der Waals surface area contributed by atoms with Crippen LogP contribution in [0.2, 0.25) is 0 Å². The van der Waals surface area contributed by atoms with Gasteiger partial charge in [-0.15, -0.1) is 0 Å². The van der Waals surface area contributed by atoms with Gasteiger partial charge < -0.3 is 14.4 Å². The molecule has 3 rings (SSSR count). The molecule has 0 bridgehead atoms. The van der Waals surface area contributed by atoms with Crippen molar-refractivity contribution in [1.29, 1.82) is 5.26 Å². The molecule has 1 aromatic heterocycles. The molecule has 2 aromatic rings. The number of hydrogen-bond acceptors (Lipinski definition) is 5. The number of carbonyl (C=O) groups is 1. The van der Waals surface area contributed by atoms with Gasteiger partial charge in [0.1, 0.15) is 0 Å². The Kier molecular flexibility index (Phi) is 6.12. The Morgan fingerprint density at radius 1 is 1.39 bits per heavy atom. The molecule has 0 fully saturated rings. The molecular weight excluding hydrogens is 356 g/mol. The Balaban J connectivity index is 1.89. The van der Waals surface area contributed by atoms with Crippen LogP contribution in [0.15, 0.2) is 24.3 Å². The van der Waals surface area contributed by atoms with E-state index in [1.165, 1.54) is 0 Å². The van der Waals surface area contributed by atoms with E-state index >= 15 is 0 Å². The van der Waals surface area contributed by atoms with Crippen molar-refractivity contribution < 1.29 is 14.3 Å². The predicted octanol–water partition coefficient (Wildman–Crippen LogP) is 2.60. The minimum absolute atomic E-state index is 0.0456. The third-order valence-electron chi connectivity index (χ3n) is 5.02. The first-order valence-electron chi connectivity index (χ1n) is 9.43. The number of methoxy groups -OCH3 is 1. The maximum absolute atomic E-state index is 13.4. The molecule has 2 atom stereocenters. The Bertz CT molecular complexity index is 882. The highest BCUT2D eigenvalue weighted by Crippen LogP contribution is 2.32. The first kappa shape index (κ1) is 20.1. The zero-order valence-electron chi connectivity index (χ0n) is 16.8. The lowest BCUT2D eigenvalue weighted by molar-refractivity contribution is -0.00907. The lowest BCUT2D eigenvalue weighted by Gasteiger charge is -2.27. The van der Waals surface area contributed by atoms with Crippen molar-refractivity contribution in [2.24, 2.45) is 7.05 Å². The first-order chi connectivity index (χ1) is 13.4. The van der Waals surface area contributed by atoms with Gasteiger partial charge in [-0.05, 0) is 31.5 Å². The van der Waals surface area contributed by atoms with E-state index in [1.54, 1.807) is 28.8 Å². The van der Waals surface area contributed by atoms with Crippen LogP contribution in [0, 0.1) is 11.3 Å². The number of benzene rings is 1. The van der Waals surface area contributed by atoms with Crippen molar-refractivity contribution in [3.05, 3.63) is 52.3 Å². The standard InChI is InChI=1S/C21H26N4O3/c1-14-11-18-19(23-24(3)20(18)15(2)28-14)21(26)25(9-10-27-4)13-17-7-5-16(12-22)6-8-17/h5-8,14-15H,9-11,13H2,1-4H3/t14-,15+/m0/s1. The van der Waals surface area contributed by atoms with E-state index in [0.717, 1.165) is 16.8 Å². The van der Waals surface area contributed by atoms with Gasteiger partial charge >= 0.3 is 0 Å². The lowest BCUT2D eigenvalue weighted by atomic mass is 9.99. The SMILES string of the molecule is COCCN(Cc1ccc(C#N)cc1)C(=O)c1nn(C)c2c1C[C@H](C)O[C@@H]2C. The van der Waals surface area contributed by atoms with Crippen LogP contribution in [-0.4, -0.2) is 47.0 Å². The number of hydrogen-bond donors (Lipinski definition) is 0. The number of amides is 1. The zero-order chi connectivity index (χ0) is 20.3. The van der Waals surface area contributed by atoms with Crippen LogP contribution >= 0.6 is 0 Å². The molecule has 1 aliphatic rings. The van der Waals surface area contributed by atoms with Gasteiger partial charge in [0, 0.05) is 39.2 Å². The first-order valence-corrected chi connectivity index (χ1v) is 9.43. The second-order valence-corrected chi connectivity index (χ2v) is 7.16. The number of aryl methyl sites for hydroxylation is 1. The number of nitrogens with zero attached hydrogens (tertiary/aromatic N) is 4. The monoisotopic (exact) mass is 382 g/mol. The third-order valence-corrected chi connectivity index (χ3v) is 5.02. The maximum atomic E-state index is 13.4. The zero-order valence-corrected chi connectivity index (χ0v) is 16.8. The summed E-state index contributed by atoms with van der Waals surface area (Å²) >= 11 is 0. The highest BCUT2D eigenvalue weighted by molar-refractivity contribution is 5.94. The molecule has 0 saturated heterocycles. The van der Waals surface area contributed by atoms with Gasteiger partial charge in [0.25, 0.3) is 5.91 Å². The number of carbonyl (C=O) groups excluding carboxylic acids is 1. The van der Waals surface area contributed by atoms with Crippen LogP contribution in [0.1, 0.15) is 52.8 Å². The molecule has 1 aromatic carbocycles. The van der Waals surface area contributed by atoms with E-state index in [-0.39, 0.29) is 18.1 Å². The summed E-state index contributed by atoms with van der Waals surface area (Å²) in [5.41, 5.74) is 3.98. The van der Waals surface area contributed by atoms with Crippen LogP contribution in [-0.2, 0) is 29.5 Å². The van der Waals surface area contributed by atoms with Crippen molar-refractivity contribution in [3.8, 4) is 6.07 Å². The molecule has 1 amide bonds. The summed E-state index contributed by atoms with van der Waals surface area (Å²) in [4.78, 5) is 15.1. The number of nitriles is 1. The molecule has 0 unspecified atom stereocenters. The van der Waals surface area contributed by atoms with Gasteiger partial charge in [-0.3, -0.25) is 9.48 Å². The van der Waals surface area contributed by atoms with Crippen molar-refractivity contribution >= 4 is 5.91 Å². The number of aromatic nitrogens is 2. The molecule has 7 heteroatoms. The molecule has 0 saturated carbocycles. The summed E-state index contributed by atoms with van der Waals surface area (Å²) in [6, 6.07) is 9.38. The van der Waals surface area contributed by atoms with Crippen LogP contribution in [0.25, 0.3) is 0 Å². The molecule has 0 N–H and O–H groups in total. The minimum Gasteiger partial charge on any atom is -0.383 e. The van der Waals surface area contributed by atoms with E-state index in [2.05, 4.69) is 11.2 Å². The van der Waals surface area contributed by atoms with Crippen LogP contribution < -0.4 is 0 Å². The quantitative estimate of drug-likeness (QED) is 0.767. The molecule has 2 heterocycles. The summed E-state index contributed by atoms with van der Waals surface area (Å²) < 4.78 is 12.9. The second-order valence-electron chi connectivity index (χ2n) is 7.16. The van der Waals surface area contributed by atoms with Crippen molar-refractivity contribution in [3.63, 3.8) is 0 Å². The average Bonchev–Trinajstić information content (AvgIpc) is 3.01. The van der Waals surface area contributed by atoms with Gasteiger partial charge in [-0.25, -0.2) is 0 Å². The topological polar surface area (TPSA) is 80.4 Å². The number of rotatable bonds is 6. The fourth-order valence-electron chi connectivity index (χ4n) is 3.72. The Labute approximate surface area is 165 Å². The Morgan fingerprint density at radius 3 is 2.75 bits per heavy atom. The molecule has 28 heavy (non-hydrogen) atoms. The summed E-state index contributed by atoms with van der Waals surface area (Å²) in [6.07, 6.45) is 0.622. The van der Waals surface area contributed by atoms with E-state index in [1.807, 2.05) is 33.0 Å². The fraction of sp³-hybridized carbons (Fsp3) is 0.476. The summed E-state index contributed by atoms with van der Waals surface area (Å²) in [5.74, 6) is -0.112. The highest BCUT2D eigenvalue weighted by Gasteiger charge is 2.33. The average molecular weight is 382 g/mol. The predicted molar refractivity (Wildman–Crippen MR) is 104 cm³/mol. The number of ether oxygens (including phenoxy) is 2. The summed E-state index contributed by atoms with van der Waals surface area (Å²) in [5, 5.41) is 13.5. The fourth-order valence-corrected chi connectivity index (χ4v) is 3.72. The third kappa shape index (κ3) is 4.08. The van der Waals surface area contributed by atoms with Gasteiger partial charge in [0.15, 0.2) is 5.69 Å². The van der Waals surface area contributed by atoms with E-state index in [4.69, 9.17) is 14.7 Å². The lowest BCUT2D eigenvalue weighted by Crippen LogP contribution is -2.35. The Hall–Kier alpha value is -2.69. The summed E-state index contributed by atoms with van der Waals surface area (Å²) in [6.45, 7) is 5.33. The largest absolute Gasteiger partial charge is 0.383 e. The second kappa shape index (κ2) is 8.55. The minimum atomic E-state index is -0.112. The molecule has 0 aliphatic carbocycles. The van der Waals surface area contributed by atoms with Crippen LogP contribution in [0.3, 0.4) is 0 Å². The van der Waals surface area contributed by atoms with Crippen LogP contribution in [0.5, 0.6) is 0 Å². The van der Waals surface area contributed by atoms with E-state index in [9.17, 15) is 4.79 Å². The smallest absolute Gasteiger partial charge is 0.275 e. The van der Waals surface area contributed by atoms with Crippen molar-refractivity contribution in [1.82, 2.24) is 14.7 Å². The Morgan fingerprint density at radius 2 is 2.11 bits per heavy atom. The van der Waals surface area contributed by atoms with Crippen molar-refractivity contribution in [2.75, 3.05) is 20.3 Å². The molecule has 0 radical (unpaired) electrons. The molecule has 7 nitrogen and oxygen atoms in total. The summed E-state index contributed by atoms with van der Waals surface area (Å²) in [7, 11) is 3.47. The molecule has 148 valence electrons. The van der Waals surface area contributed by atoms with Crippen LogP contribution in [0.4, 0.5) is 0 Å². The number of fused-ring (bicyclic) bond motifs is 1. The molecule has 1 aliphatic heterocycles. The van der Waals surface area contributed by atoms with Gasteiger partial charge in [-0.1, -0.05) is 12.1 Å². The highest BCUT2D eigenvalue weighted by atomic mass is 16.5.